The first-order chi connectivity index (χ1) is 14.2. The van der Waals surface area contributed by atoms with Gasteiger partial charge in [-0.3, -0.25) is 10.1 Å². The molecule has 0 saturated heterocycles. The topological polar surface area (TPSA) is 145 Å². The number of carbonyl (C=O) groups is 3. The van der Waals surface area contributed by atoms with Gasteiger partial charge in [-0.15, -0.1) is 0 Å². The Morgan fingerprint density at radius 1 is 1.17 bits per heavy atom. The van der Waals surface area contributed by atoms with Gasteiger partial charge in [-0.1, -0.05) is 26.0 Å². The first-order valence-electron chi connectivity index (χ1n) is 9.84. The van der Waals surface area contributed by atoms with E-state index in [1.54, 1.807) is 45.0 Å². The van der Waals surface area contributed by atoms with E-state index in [0.717, 1.165) is 5.56 Å². The minimum Gasteiger partial charge on any atom is -0.462 e. The van der Waals surface area contributed by atoms with Gasteiger partial charge in [0.1, 0.15) is 6.29 Å². The van der Waals surface area contributed by atoms with Crippen molar-refractivity contribution in [1.82, 2.24) is 10.6 Å². The molecule has 3 unspecified atom stereocenters. The molecule has 30 heavy (non-hydrogen) atoms. The van der Waals surface area contributed by atoms with Crippen LogP contribution in [0.2, 0.25) is 0 Å². The lowest BCUT2D eigenvalue weighted by Gasteiger charge is -2.32. The van der Waals surface area contributed by atoms with Crippen LogP contribution in [0.4, 0.5) is 0 Å². The van der Waals surface area contributed by atoms with E-state index in [1.807, 2.05) is 0 Å². The Hall–Kier alpha value is -2.17. The number of esters is 1. The van der Waals surface area contributed by atoms with Crippen molar-refractivity contribution in [2.75, 3.05) is 19.8 Å². The Bertz CT molecular complexity index is 691. The van der Waals surface area contributed by atoms with Gasteiger partial charge in [0.15, 0.2) is 12.0 Å². The lowest BCUT2D eigenvalue weighted by molar-refractivity contribution is -0.129. The lowest BCUT2D eigenvalue weighted by atomic mass is 9.83. The average Bonchev–Trinajstić information content (AvgIpc) is 2.74. The third kappa shape index (κ3) is 7.92. The summed E-state index contributed by atoms with van der Waals surface area (Å²) in [7, 11) is 0. The molecule has 1 aromatic rings. The first kappa shape index (κ1) is 25.9. The highest BCUT2D eigenvalue weighted by Crippen LogP contribution is 2.21. The number of Topliss-reactive ketones (excluding diaryl/α,β-unsaturated/α-hetero) is 1. The fraction of sp³-hybridized carbons (Fsp3) is 0.571. The molecule has 0 radical (unpaired) electrons. The van der Waals surface area contributed by atoms with Gasteiger partial charge in [0.05, 0.1) is 30.9 Å². The molecule has 0 aliphatic rings. The number of ketones is 1. The second-order valence-electron chi connectivity index (χ2n) is 7.62. The number of hydrogen-bond donors (Lipinski definition) is 5. The Labute approximate surface area is 176 Å². The summed E-state index contributed by atoms with van der Waals surface area (Å²) in [6.45, 7) is 5.24. The van der Waals surface area contributed by atoms with Crippen LogP contribution in [0.25, 0.3) is 0 Å². The molecule has 0 aliphatic carbocycles. The van der Waals surface area contributed by atoms with E-state index < -0.39 is 35.5 Å². The Morgan fingerprint density at radius 2 is 1.80 bits per heavy atom. The minimum absolute atomic E-state index is 0.0629. The molecule has 0 bridgehead atoms. The molecule has 9 heteroatoms. The monoisotopic (exact) mass is 424 g/mol. The van der Waals surface area contributed by atoms with Crippen molar-refractivity contribution in [3.63, 3.8) is 0 Å². The number of carbonyl (C=O) groups excluding carboxylic acids is 3. The van der Waals surface area contributed by atoms with E-state index in [9.17, 15) is 29.7 Å². The SMILES string of the molecule is CCOC(=O)c1ccc(CNC(O)C(=O)CCNC(C=O)C(O)C(C)(C)CO)cc1. The predicted molar refractivity (Wildman–Crippen MR) is 110 cm³/mol. The lowest BCUT2D eigenvalue weighted by Crippen LogP contribution is -2.50. The van der Waals surface area contributed by atoms with Gasteiger partial charge in [0, 0.05) is 24.9 Å². The van der Waals surface area contributed by atoms with Crippen molar-refractivity contribution >= 4 is 18.0 Å². The largest absolute Gasteiger partial charge is 0.462 e. The highest BCUT2D eigenvalue weighted by Gasteiger charge is 2.33. The van der Waals surface area contributed by atoms with Crippen molar-refractivity contribution in [2.24, 2.45) is 5.41 Å². The molecule has 0 fully saturated rings. The normalized spacial score (nSPS) is 14.6. The molecule has 9 nitrogen and oxygen atoms in total. The summed E-state index contributed by atoms with van der Waals surface area (Å²) in [5.41, 5.74) is 0.301. The van der Waals surface area contributed by atoms with Crippen LogP contribution in [0, 0.1) is 5.41 Å². The summed E-state index contributed by atoms with van der Waals surface area (Å²) in [6.07, 6.45) is -2.06. The van der Waals surface area contributed by atoms with Gasteiger partial charge < -0.3 is 30.2 Å². The van der Waals surface area contributed by atoms with E-state index >= 15 is 0 Å². The second-order valence-corrected chi connectivity index (χ2v) is 7.62. The molecule has 1 aromatic carbocycles. The highest BCUT2D eigenvalue weighted by atomic mass is 16.5. The summed E-state index contributed by atoms with van der Waals surface area (Å²) < 4.78 is 4.90. The highest BCUT2D eigenvalue weighted by molar-refractivity contribution is 5.89. The zero-order valence-electron chi connectivity index (χ0n) is 17.6. The Kier molecular flexibility index (Phi) is 10.8. The molecular formula is C21H32N2O7. The molecule has 0 spiro atoms. The van der Waals surface area contributed by atoms with Gasteiger partial charge in [0.2, 0.25) is 0 Å². The Morgan fingerprint density at radius 3 is 2.33 bits per heavy atom. The fourth-order valence-electron chi connectivity index (χ4n) is 2.61. The number of rotatable bonds is 14. The standard InChI is InChI=1S/C21H32N2O7/c1-4-30-20(29)15-7-5-14(6-8-15)11-23-19(28)17(26)9-10-22-16(12-24)18(27)21(2,3)13-25/h5-8,12,16,18-19,22-23,25,27-28H,4,9-11,13H2,1-3H3. The maximum Gasteiger partial charge on any atom is 0.338 e. The maximum atomic E-state index is 12.1. The van der Waals surface area contributed by atoms with Crippen LogP contribution in [0.3, 0.4) is 0 Å². The maximum absolute atomic E-state index is 12.1. The number of ether oxygens (including phenoxy) is 1. The summed E-state index contributed by atoms with van der Waals surface area (Å²) in [5.74, 6) is -0.896. The minimum atomic E-state index is -1.40. The molecule has 0 heterocycles. The molecular weight excluding hydrogens is 392 g/mol. The number of aldehydes is 1. The van der Waals surface area contributed by atoms with Crippen LogP contribution < -0.4 is 10.6 Å². The van der Waals surface area contributed by atoms with Crippen molar-refractivity contribution in [1.29, 1.82) is 0 Å². The summed E-state index contributed by atoms with van der Waals surface area (Å²) >= 11 is 0. The third-order valence-corrected chi connectivity index (χ3v) is 4.72. The van der Waals surface area contributed by atoms with Crippen LogP contribution in [0.15, 0.2) is 24.3 Å². The number of aliphatic hydroxyl groups excluding tert-OH is 3. The summed E-state index contributed by atoms with van der Waals surface area (Å²) in [6, 6.07) is 5.65. The van der Waals surface area contributed by atoms with Gasteiger partial charge in [0.25, 0.3) is 0 Å². The number of nitrogens with one attached hydrogen (secondary N) is 2. The second kappa shape index (κ2) is 12.5. The van der Waals surface area contributed by atoms with Crippen molar-refractivity contribution < 1.29 is 34.4 Å². The molecule has 1 rings (SSSR count). The van der Waals surface area contributed by atoms with E-state index in [4.69, 9.17) is 4.74 Å². The van der Waals surface area contributed by atoms with Gasteiger partial charge in [-0.2, -0.15) is 0 Å². The van der Waals surface area contributed by atoms with E-state index in [-0.39, 0.29) is 32.7 Å². The molecule has 5 N–H and O–H groups in total. The van der Waals surface area contributed by atoms with Crippen LogP contribution >= 0.6 is 0 Å². The number of benzene rings is 1. The van der Waals surface area contributed by atoms with Crippen molar-refractivity contribution in [3.05, 3.63) is 35.4 Å². The average molecular weight is 424 g/mol. The van der Waals surface area contributed by atoms with Crippen molar-refractivity contribution in [3.8, 4) is 0 Å². The molecule has 0 aromatic heterocycles. The quantitative estimate of drug-likeness (QED) is 0.155. The summed E-state index contributed by atoms with van der Waals surface area (Å²) in [4.78, 5) is 34.9. The predicted octanol–water partition coefficient (Wildman–Crippen LogP) is -0.233. The van der Waals surface area contributed by atoms with Crippen LogP contribution in [-0.4, -0.2) is 71.5 Å². The van der Waals surface area contributed by atoms with Crippen LogP contribution in [-0.2, 0) is 20.9 Å². The summed E-state index contributed by atoms with van der Waals surface area (Å²) in [5, 5.41) is 34.9. The number of hydrogen-bond acceptors (Lipinski definition) is 9. The zero-order valence-corrected chi connectivity index (χ0v) is 17.6. The Balaban J connectivity index is 2.44. The smallest absolute Gasteiger partial charge is 0.338 e. The molecule has 0 amide bonds. The molecule has 3 atom stereocenters. The van der Waals surface area contributed by atoms with Gasteiger partial charge in [-0.25, -0.2) is 4.79 Å². The molecule has 0 aliphatic heterocycles. The van der Waals surface area contributed by atoms with E-state index in [2.05, 4.69) is 10.6 Å². The van der Waals surface area contributed by atoms with Gasteiger partial charge >= 0.3 is 5.97 Å². The first-order valence-corrected chi connectivity index (χ1v) is 9.84. The number of aliphatic hydroxyl groups is 3. The molecule has 0 saturated carbocycles. The zero-order chi connectivity index (χ0) is 22.7. The van der Waals surface area contributed by atoms with Crippen molar-refractivity contribution in [2.45, 2.75) is 52.1 Å². The molecule has 168 valence electrons. The van der Waals surface area contributed by atoms with Crippen LogP contribution in [0.1, 0.15) is 43.1 Å². The third-order valence-electron chi connectivity index (χ3n) is 4.72. The fourth-order valence-corrected chi connectivity index (χ4v) is 2.61. The van der Waals surface area contributed by atoms with Crippen LogP contribution in [0.5, 0.6) is 0 Å². The van der Waals surface area contributed by atoms with E-state index in [0.29, 0.717) is 11.8 Å². The van der Waals surface area contributed by atoms with Gasteiger partial charge in [-0.05, 0) is 24.6 Å². The van der Waals surface area contributed by atoms with E-state index in [1.165, 1.54) is 0 Å².